The van der Waals surface area contributed by atoms with Gasteiger partial charge in [0.05, 0.1) is 40.7 Å². The number of esters is 1. The molecular weight excluding hydrogens is 523 g/mol. The highest BCUT2D eigenvalue weighted by Gasteiger charge is 2.49. The number of carbonyl (C=O) groups is 2. The van der Waals surface area contributed by atoms with Gasteiger partial charge in [-0.05, 0) is 44.2 Å². The quantitative estimate of drug-likeness (QED) is 0.364. The molecule has 14 heteroatoms. The summed E-state index contributed by atoms with van der Waals surface area (Å²) in [6.45, 7) is 2.33. The van der Waals surface area contributed by atoms with Crippen molar-refractivity contribution >= 4 is 35.0 Å². The van der Waals surface area contributed by atoms with Crippen molar-refractivity contribution in [3.05, 3.63) is 63.9 Å². The van der Waals surface area contributed by atoms with E-state index >= 15 is 0 Å². The second-order valence-corrected chi connectivity index (χ2v) is 8.28. The number of amides is 2. The van der Waals surface area contributed by atoms with Crippen LogP contribution in [0.4, 0.5) is 41.2 Å². The Hall–Kier alpha value is -3.35. The van der Waals surface area contributed by atoms with Crippen molar-refractivity contribution in [2.75, 3.05) is 18.5 Å². The number of hydrazone groups is 1. The predicted molar refractivity (Wildman–Crippen MR) is 115 cm³/mol. The number of nitrogens with one attached hydrogen (secondary N) is 1. The second kappa shape index (κ2) is 9.60. The standard InChI is InChI=1S/C22H17ClF7N3O3/c1-3-36-18(34)20(2)10-33(19(35)31-16-7-5-12(9-15(16)24)21(25,26)27)32-17(20)11-4-6-13(14(23)8-11)22(28,29)30/h4-9H,3,10H2,1-2H3,(H,31,35). The van der Waals surface area contributed by atoms with E-state index in [0.717, 1.165) is 12.1 Å². The lowest BCUT2D eigenvalue weighted by atomic mass is 9.82. The van der Waals surface area contributed by atoms with Crippen LogP contribution in [0.1, 0.15) is 30.5 Å². The molecule has 0 aliphatic carbocycles. The fourth-order valence-electron chi connectivity index (χ4n) is 3.45. The molecule has 0 bridgehead atoms. The van der Waals surface area contributed by atoms with E-state index in [9.17, 15) is 40.3 Å². The topological polar surface area (TPSA) is 71.0 Å². The first kappa shape index (κ1) is 27.2. The number of hydrogen-bond donors (Lipinski definition) is 1. The van der Waals surface area contributed by atoms with E-state index in [2.05, 4.69) is 10.4 Å². The van der Waals surface area contributed by atoms with E-state index in [4.69, 9.17) is 16.3 Å². The van der Waals surface area contributed by atoms with Gasteiger partial charge in [-0.3, -0.25) is 4.79 Å². The number of hydrogen-bond acceptors (Lipinski definition) is 4. The van der Waals surface area contributed by atoms with Crippen LogP contribution in [0.25, 0.3) is 0 Å². The Morgan fingerprint density at radius 3 is 2.31 bits per heavy atom. The molecule has 2 amide bonds. The van der Waals surface area contributed by atoms with Crippen molar-refractivity contribution < 1.29 is 45.1 Å². The molecule has 1 unspecified atom stereocenters. The number of carbonyl (C=O) groups excluding carboxylic acids is 2. The Balaban J connectivity index is 1.96. The maximum Gasteiger partial charge on any atom is 0.417 e. The molecule has 194 valence electrons. The van der Waals surface area contributed by atoms with E-state index in [1.165, 1.54) is 13.8 Å². The maximum absolute atomic E-state index is 14.2. The number of nitrogens with zero attached hydrogens (tertiary/aromatic N) is 2. The summed E-state index contributed by atoms with van der Waals surface area (Å²) in [4.78, 5) is 25.5. The second-order valence-electron chi connectivity index (χ2n) is 7.87. The Morgan fingerprint density at radius 1 is 1.11 bits per heavy atom. The SMILES string of the molecule is CCOC(=O)C1(C)CN(C(=O)Nc2ccc(C(F)(F)F)cc2F)N=C1c1ccc(C(F)(F)F)c(Cl)c1. The van der Waals surface area contributed by atoms with Gasteiger partial charge in [-0.25, -0.2) is 14.2 Å². The highest BCUT2D eigenvalue weighted by atomic mass is 35.5. The van der Waals surface area contributed by atoms with Crippen molar-refractivity contribution in [3.63, 3.8) is 0 Å². The fraction of sp³-hybridized carbons (Fsp3) is 0.318. The molecule has 0 saturated heterocycles. The summed E-state index contributed by atoms with van der Waals surface area (Å²) in [6, 6.07) is 2.98. The number of anilines is 1. The molecule has 1 aliphatic heterocycles. The molecule has 2 aromatic rings. The molecule has 1 heterocycles. The predicted octanol–water partition coefficient (Wildman–Crippen LogP) is 6.34. The molecule has 3 rings (SSSR count). The van der Waals surface area contributed by atoms with Crippen LogP contribution in [0.2, 0.25) is 5.02 Å². The molecule has 0 spiro atoms. The van der Waals surface area contributed by atoms with Crippen molar-refractivity contribution in [2.24, 2.45) is 10.5 Å². The zero-order valence-corrected chi connectivity index (χ0v) is 19.3. The third kappa shape index (κ3) is 5.40. The van der Waals surface area contributed by atoms with Gasteiger partial charge in [0.25, 0.3) is 0 Å². The van der Waals surface area contributed by atoms with Gasteiger partial charge in [0, 0.05) is 5.56 Å². The van der Waals surface area contributed by atoms with Gasteiger partial charge in [0.2, 0.25) is 0 Å². The van der Waals surface area contributed by atoms with Crippen LogP contribution in [-0.2, 0) is 21.9 Å². The number of alkyl halides is 6. The van der Waals surface area contributed by atoms with E-state index < -0.39 is 64.0 Å². The average molecular weight is 540 g/mol. The first-order chi connectivity index (χ1) is 16.6. The Bertz CT molecular complexity index is 1230. The highest BCUT2D eigenvalue weighted by Crippen LogP contribution is 2.38. The van der Waals surface area contributed by atoms with Gasteiger partial charge in [0.1, 0.15) is 11.2 Å². The Morgan fingerprint density at radius 2 is 1.78 bits per heavy atom. The van der Waals surface area contributed by atoms with Crippen molar-refractivity contribution in [1.82, 2.24) is 5.01 Å². The van der Waals surface area contributed by atoms with Crippen LogP contribution < -0.4 is 5.32 Å². The molecule has 0 aromatic heterocycles. The molecule has 0 fully saturated rings. The van der Waals surface area contributed by atoms with Crippen LogP contribution in [0.5, 0.6) is 0 Å². The summed E-state index contributed by atoms with van der Waals surface area (Å²) < 4.78 is 96.8. The van der Waals surface area contributed by atoms with E-state index in [0.29, 0.717) is 23.2 Å². The summed E-state index contributed by atoms with van der Waals surface area (Å²) in [7, 11) is 0. The zero-order valence-electron chi connectivity index (χ0n) is 18.5. The summed E-state index contributed by atoms with van der Waals surface area (Å²) in [6.07, 6.45) is -9.54. The smallest absolute Gasteiger partial charge is 0.417 e. The monoisotopic (exact) mass is 539 g/mol. The van der Waals surface area contributed by atoms with Gasteiger partial charge in [0.15, 0.2) is 0 Å². The molecule has 1 N–H and O–H groups in total. The summed E-state index contributed by atoms with van der Waals surface area (Å²) >= 11 is 5.79. The third-order valence-corrected chi connectivity index (χ3v) is 5.57. The first-order valence-electron chi connectivity index (χ1n) is 10.2. The molecule has 0 saturated carbocycles. The highest BCUT2D eigenvalue weighted by molar-refractivity contribution is 6.32. The lowest BCUT2D eigenvalue weighted by Crippen LogP contribution is -2.42. The largest absolute Gasteiger partial charge is 0.465 e. The van der Waals surface area contributed by atoms with Crippen molar-refractivity contribution in [2.45, 2.75) is 26.2 Å². The molecule has 0 radical (unpaired) electrons. The molecular formula is C22H17ClF7N3O3. The van der Waals surface area contributed by atoms with Crippen LogP contribution in [-0.4, -0.2) is 35.9 Å². The molecule has 6 nitrogen and oxygen atoms in total. The maximum atomic E-state index is 14.2. The van der Waals surface area contributed by atoms with Crippen molar-refractivity contribution in [1.29, 1.82) is 0 Å². The van der Waals surface area contributed by atoms with Gasteiger partial charge in [-0.15, -0.1) is 0 Å². The first-order valence-corrected chi connectivity index (χ1v) is 10.5. The van der Waals surface area contributed by atoms with E-state index in [-0.39, 0.29) is 23.9 Å². The minimum absolute atomic E-state index is 0.0143. The minimum atomic E-state index is -4.80. The number of urea groups is 1. The molecule has 1 aliphatic rings. The summed E-state index contributed by atoms with van der Waals surface area (Å²) in [5.74, 6) is -2.22. The normalized spacial score (nSPS) is 18.2. The van der Waals surface area contributed by atoms with Gasteiger partial charge < -0.3 is 10.1 Å². The lowest BCUT2D eigenvalue weighted by Gasteiger charge is -2.24. The van der Waals surface area contributed by atoms with Gasteiger partial charge in [-0.1, -0.05) is 17.7 Å². The minimum Gasteiger partial charge on any atom is -0.465 e. The molecule has 1 atom stereocenters. The average Bonchev–Trinajstić information content (AvgIpc) is 3.12. The Kier molecular flexibility index (Phi) is 7.26. The van der Waals surface area contributed by atoms with E-state index in [1.807, 2.05) is 0 Å². The Labute approximate surface area is 204 Å². The van der Waals surface area contributed by atoms with Crippen LogP contribution in [0, 0.1) is 11.2 Å². The van der Waals surface area contributed by atoms with Gasteiger partial charge >= 0.3 is 24.4 Å². The van der Waals surface area contributed by atoms with Crippen molar-refractivity contribution in [3.8, 4) is 0 Å². The van der Waals surface area contributed by atoms with Crippen LogP contribution >= 0.6 is 11.6 Å². The van der Waals surface area contributed by atoms with Gasteiger partial charge in [-0.2, -0.15) is 31.4 Å². The zero-order chi connectivity index (χ0) is 27.1. The number of benzene rings is 2. The summed E-state index contributed by atoms with van der Waals surface area (Å²) in [5.41, 5.74) is -4.81. The number of halogens is 8. The number of ether oxygens (including phenoxy) is 1. The van der Waals surface area contributed by atoms with Crippen LogP contribution in [0.15, 0.2) is 41.5 Å². The third-order valence-electron chi connectivity index (χ3n) is 5.26. The van der Waals surface area contributed by atoms with E-state index in [1.54, 1.807) is 0 Å². The number of rotatable bonds is 4. The lowest BCUT2D eigenvalue weighted by molar-refractivity contribution is -0.150. The fourth-order valence-corrected chi connectivity index (χ4v) is 3.74. The molecule has 36 heavy (non-hydrogen) atoms. The summed E-state index contributed by atoms with van der Waals surface area (Å²) in [5, 5.41) is 6.10. The molecule has 2 aromatic carbocycles. The van der Waals surface area contributed by atoms with Crippen LogP contribution in [0.3, 0.4) is 0 Å².